The summed E-state index contributed by atoms with van der Waals surface area (Å²) in [4.78, 5) is 45.3. The highest BCUT2D eigenvalue weighted by Gasteiger charge is 2.75. The van der Waals surface area contributed by atoms with Crippen molar-refractivity contribution < 1.29 is 24.2 Å². The molecule has 1 aromatic carbocycles. The van der Waals surface area contributed by atoms with E-state index in [2.05, 4.69) is 13.2 Å². The highest BCUT2D eigenvalue weighted by Crippen LogP contribution is 2.67. The molecule has 3 heterocycles. The van der Waals surface area contributed by atoms with E-state index in [0.29, 0.717) is 19.4 Å². The molecule has 0 saturated carbocycles. The number of hydrogen-bond acceptors (Lipinski definition) is 6. The first-order chi connectivity index (χ1) is 17.6. The second kappa shape index (κ2) is 10.7. The first-order valence-corrected chi connectivity index (χ1v) is 13.8. The number of likely N-dealkylation sites (tertiary alicyclic amines) is 1. The van der Waals surface area contributed by atoms with E-state index < -0.39 is 40.2 Å². The van der Waals surface area contributed by atoms with Gasteiger partial charge in [0.15, 0.2) is 0 Å². The number of carbonyl (C=O) groups excluding carboxylic acids is 3. The van der Waals surface area contributed by atoms with Gasteiger partial charge in [-0.2, -0.15) is 0 Å². The second-order valence-corrected chi connectivity index (χ2v) is 12.8. The molecule has 1 spiro atoms. The highest BCUT2D eigenvalue weighted by molar-refractivity contribution is 8.02. The Morgan fingerprint density at radius 2 is 1.97 bits per heavy atom. The molecule has 200 valence electrons. The van der Waals surface area contributed by atoms with Crippen LogP contribution in [0.3, 0.4) is 0 Å². The number of nitrogens with zero attached hydrogens (tertiary/aromatic N) is 2. The maximum Gasteiger partial charge on any atom is 0.311 e. The van der Waals surface area contributed by atoms with Crippen LogP contribution in [0, 0.1) is 11.8 Å². The molecule has 0 aromatic heterocycles. The summed E-state index contributed by atoms with van der Waals surface area (Å²) in [6, 6.07) is 8.26. The molecule has 3 aliphatic heterocycles. The number of thioether (sulfide) groups is 1. The van der Waals surface area contributed by atoms with Gasteiger partial charge in [-0.15, -0.1) is 18.3 Å². The molecule has 3 aliphatic rings. The molecule has 8 heteroatoms. The summed E-state index contributed by atoms with van der Waals surface area (Å²) in [5, 5.41) is 10.5. The average Bonchev–Trinajstić information content (AvgIpc) is 3.51. The van der Waals surface area contributed by atoms with Crippen molar-refractivity contribution in [3.8, 4) is 0 Å². The maximum atomic E-state index is 14.4. The van der Waals surface area contributed by atoms with Crippen LogP contribution in [-0.4, -0.2) is 80.1 Å². The molecule has 2 bridgehead atoms. The van der Waals surface area contributed by atoms with Crippen LogP contribution in [0.15, 0.2) is 55.6 Å². The number of aliphatic hydroxyl groups is 1. The van der Waals surface area contributed by atoms with E-state index in [9.17, 15) is 19.5 Å². The monoisotopic (exact) mass is 526 g/mol. The van der Waals surface area contributed by atoms with Crippen molar-refractivity contribution >= 4 is 29.5 Å². The number of carbonyl (C=O) groups is 3. The van der Waals surface area contributed by atoms with Crippen molar-refractivity contribution in [1.29, 1.82) is 0 Å². The van der Waals surface area contributed by atoms with Gasteiger partial charge >= 0.3 is 5.97 Å². The molecule has 6 atom stereocenters. The Morgan fingerprint density at radius 1 is 1.27 bits per heavy atom. The summed E-state index contributed by atoms with van der Waals surface area (Å²) in [5.74, 6) is -2.10. The van der Waals surface area contributed by atoms with E-state index in [4.69, 9.17) is 4.74 Å². The lowest BCUT2D eigenvalue weighted by molar-refractivity contribution is -0.153. The minimum Gasteiger partial charge on any atom is -0.461 e. The standard InChI is InChI=1S/C29H38N2O5S/c1-6-15-30(28(3,4)5)26(34)24-29-14-13-21(37-29)22(27(35)36-16-7-2)23(29)25(33)31(24)20(18-32)17-19-11-9-8-10-12-19/h6-12,20-24,32H,1-2,13-18H2,3-5H3/t20-,21-,22+,23+,24?,29?/m1/s1. The zero-order chi connectivity index (χ0) is 27.0. The van der Waals surface area contributed by atoms with Gasteiger partial charge in [-0.1, -0.05) is 49.1 Å². The molecule has 0 aliphatic carbocycles. The van der Waals surface area contributed by atoms with Crippen LogP contribution in [0.5, 0.6) is 0 Å². The smallest absolute Gasteiger partial charge is 0.311 e. The Bertz CT molecular complexity index is 1050. The second-order valence-electron chi connectivity index (χ2n) is 11.2. The Balaban J connectivity index is 1.80. The molecule has 3 fully saturated rings. The molecule has 2 unspecified atom stereocenters. The summed E-state index contributed by atoms with van der Waals surface area (Å²) in [5.41, 5.74) is 0.458. The molecule has 7 nitrogen and oxygen atoms in total. The van der Waals surface area contributed by atoms with Crippen molar-refractivity contribution in [2.45, 2.75) is 67.7 Å². The predicted octanol–water partition coefficient (Wildman–Crippen LogP) is 3.22. The minimum atomic E-state index is -0.794. The number of aliphatic hydroxyl groups excluding tert-OH is 1. The molecule has 37 heavy (non-hydrogen) atoms. The third-order valence-corrected chi connectivity index (χ3v) is 9.85. The SMILES string of the molecule is C=CCOC(=O)[C@@H]1[C@H]2C(=O)N([C@@H](CO)Cc3ccccc3)C(C(=O)N(CC=C)C(C)(C)C)C23CC[C@H]1S3. The van der Waals surface area contributed by atoms with Crippen LogP contribution in [0.2, 0.25) is 0 Å². The molecule has 0 radical (unpaired) electrons. The largest absolute Gasteiger partial charge is 0.461 e. The Hall–Kier alpha value is -2.58. The van der Waals surface area contributed by atoms with E-state index in [0.717, 1.165) is 12.0 Å². The summed E-state index contributed by atoms with van der Waals surface area (Å²) in [7, 11) is 0. The van der Waals surface area contributed by atoms with Crippen LogP contribution in [0.1, 0.15) is 39.2 Å². The van der Waals surface area contributed by atoms with E-state index in [-0.39, 0.29) is 30.3 Å². The van der Waals surface area contributed by atoms with Crippen LogP contribution >= 0.6 is 11.8 Å². The number of esters is 1. The van der Waals surface area contributed by atoms with E-state index in [1.165, 1.54) is 6.08 Å². The average molecular weight is 527 g/mol. The third-order valence-electron chi connectivity index (χ3n) is 7.89. The van der Waals surface area contributed by atoms with Gasteiger partial charge in [-0.3, -0.25) is 14.4 Å². The van der Waals surface area contributed by atoms with Crippen molar-refractivity contribution in [3.63, 3.8) is 0 Å². The van der Waals surface area contributed by atoms with Crippen LogP contribution < -0.4 is 0 Å². The van der Waals surface area contributed by atoms with Crippen molar-refractivity contribution in [2.24, 2.45) is 11.8 Å². The van der Waals surface area contributed by atoms with E-state index in [1.54, 1.807) is 27.6 Å². The normalized spacial score (nSPS) is 29.1. The zero-order valence-electron chi connectivity index (χ0n) is 22.0. The minimum absolute atomic E-state index is 0.0760. The van der Waals surface area contributed by atoms with Crippen molar-refractivity contribution in [3.05, 3.63) is 61.2 Å². The fraction of sp³-hybridized carbons (Fsp3) is 0.552. The van der Waals surface area contributed by atoms with Gasteiger partial charge in [-0.25, -0.2) is 0 Å². The number of fused-ring (bicyclic) bond motifs is 1. The summed E-state index contributed by atoms with van der Waals surface area (Å²) < 4.78 is 4.69. The number of ether oxygens (including phenoxy) is 1. The Kier molecular flexibility index (Phi) is 7.91. The first kappa shape index (κ1) is 27.5. The van der Waals surface area contributed by atoms with Crippen LogP contribution in [0.4, 0.5) is 0 Å². The van der Waals surface area contributed by atoms with Gasteiger partial charge < -0.3 is 19.6 Å². The summed E-state index contributed by atoms with van der Waals surface area (Å²) in [6.45, 7) is 13.5. The van der Waals surface area contributed by atoms with E-state index in [1.807, 2.05) is 51.1 Å². The molecule has 3 saturated heterocycles. The maximum absolute atomic E-state index is 14.4. The van der Waals surface area contributed by atoms with Gasteiger partial charge in [0.25, 0.3) is 0 Å². The number of hydrogen-bond donors (Lipinski definition) is 1. The number of benzene rings is 1. The molecule has 1 N–H and O–H groups in total. The molecule has 4 rings (SSSR count). The fourth-order valence-corrected chi connectivity index (χ4v) is 8.56. The van der Waals surface area contributed by atoms with Gasteiger partial charge in [0.2, 0.25) is 11.8 Å². The summed E-state index contributed by atoms with van der Waals surface area (Å²) >= 11 is 1.60. The van der Waals surface area contributed by atoms with Crippen molar-refractivity contribution in [1.82, 2.24) is 9.80 Å². The van der Waals surface area contributed by atoms with Crippen molar-refractivity contribution in [2.75, 3.05) is 19.8 Å². The fourth-order valence-electron chi connectivity index (χ4n) is 6.38. The van der Waals surface area contributed by atoms with Crippen LogP contribution in [0.25, 0.3) is 0 Å². The molecule has 2 amide bonds. The Morgan fingerprint density at radius 3 is 2.57 bits per heavy atom. The third kappa shape index (κ3) is 4.74. The quantitative estimate of drug-likeness (QED) is 0.372. The van der Waals surface area contributed by atoms with Gasteiger partial charge in [-0.05, 0) is 45.6 Å². The Labute approximate surface area is 223 Å². The predicted molar refractivity (Wildman–Crippen MR) is 145 cm³/mol. The van der Waals surface area contributed by atoms with Crippen LogP contribution in [-0.2, 0) is 25.5 Å². The molecular formula is C29H38N2O5S. The lowest BCUT2D eigenvalue weighted by atomic mass is 9.71. The molecule has 1 aromatic rings. The number of amides is 2. The highest BCUT2D eigenvalue weighted by atomic mass is 32.2. The van der Waals surface area contributed by atoms with Gasteiger partial charge in [0.1, 0.15) is 12.6 Å². The number of rotatable bonds is 10. The van der Waals surface area contributed by atoms with Gasteiger partial charge in [0.05, 0.1) is 29.2 Å². The molecular weight excluding hydrogens is 488 g/mol. The lowest BCUT2D eigenvalue weighted by Crippen LogP contribution is -2.60. The van der Waals surface area contributed by atoms with Gasteiger partial charge in [0, 0.05) is 17.3 Å². The summed E-state index contributed by atoms with van der Waals surface area (Å²) in [6.07, 6.45) is 5.01. The lowest BCUT2D eigenvalue weighted by Gasteiger charge is -2.43. The zero-order valence-corrected chi connectivity index (χ0v) is 22.8. The first-order valence-electron chi connectivity index (χ1n) is 13.0. The topological polar surface area (TPSA) is 87.1 Å². The van der Waals surface area contributed by atoms with E-state index >= 15 is 0 Å².